The highest BCUT2D eigenvalue weighted by atomic mass is 16.5. The Labute approximate surface area is 154 Å². The highest BCUT2D eigenvalue weighted by Crippen LogP contribution is 2.38. The van der Waals surface area contributed by atoms with E-state index in [2.05, 4.69) is 15.0 Å². The van der Waals surface area contributed by atoms with Gasteiger partial charge in [0, 0.05) is 45.1 Å². The Morgan fingerprint density at radius 3 is 3.00 bits per heavy atom. The van der Waals surface area contributed by atoms with Gasteiger partial charge in [-0.1, -0.05) is 11.2 Å². The van der Waals surface area contributed by atoms with E-state index < -0.39 is 0 Å². The molecule has 2 aliphatic heterocycles. The molecule has 1 atom stereocenters. The Morgan fingerprint density at radius 1 is 1.31 bits per heavy atom. The number of aryl methyl sites for hydroxylation is 1. The first kappa shape index (κ1) is 17.6. The van der Waals surface area contributed by atoms with Crippen molar-refractivity contribution in [2.24, 2.45) is 5.92 Å². The second kappa shape index (κ2) is 7.86. The van der Waals surface area contributed by atoms with Crippen molar-refractivity contribution in [3.05, 3.63) is 47.6 Å². The molecule has 1 unspecified atom stereocenters. The first-order valence-corrected chi connectivity index (χ1v) is 9.47. The summed E-state index contributed by atoms with van der Waals surface area (Å²) in [6, 6.07) is 7.94. The van der Waals surface area contributed by atoms with Crippen LogP contribution in [0.4, 0.5) is 0 Å². The van der Waals surface area contributed by atoms with Crippen molar-refractivity contribution in [1.82, 2.24) is 15.0 Å². The molecule has 2 aliphatic rings. The SMILES string of the molecule is Cc1cc(CN2CC3(CC(CCOCc4ccccn4)CCO3)C2)no1. The molecule has 2 aromatic rings. The predicted molar refractivity (Wildman–Crippen MR) is 96.4 cm³/mol. The van der Waals surface area contributed by atoms with E-state index in [0.717, 1.165) is 69.3 Å². The van der Waals surface area contributed by atoms with Crippen molar-refractivity contribution in [2.75, 3.05) is 26.3 Å². The van der Waals surface area contributed by atoms with Crippen molar-refractivity contribution in [3.63, 3.8) is 0 Å². The lowest BCUT2D eigenvalue weighted by atomic mass is 9.79. The molecule has 0 N–H and O–H groups in total. The van der Waals surface area contributed by atoms with Crippen LogP contribution in [0.5, 0.6) is 0 Å². The highest BCUT2D eigenvalue weighted by molar-refractivity contribution is 5.07. The van der Waals surface area contributed by atoms with Gasteiger partial charge in [0.2, 0.25) is 0 Å². The van der Waals surface area contributed by atoms with Gasteiger partial charge in [0.15, 0.2) is 0 Å². The Morgan fingerprint density at radius 2 is 2.23 bits per heavy atom. The lowest BCUT2D eigenvalue weighted by molar-refractivity contribution is -0.182. The van der Waals surface area contributed by atoms with Gasteiger partial charge in [0.25, 0.3) is 0 Å². The normalized spacial score (nSPS) is 22.4. The van der Waals surface area contributed by atoms with Crippen LogP contribution < -0.4 is 0 Å². The van der Waals surface area contributed by atoms with Gasteiger partial charge in [-0.25, -0.2) is 0 Å². The van der Waals surface area contributed by atoms with Gasteiger partial charge >= 0.3 is 0 Å². The van der Waals surface area contributed by atoms with E-state index in [1.165, 1.54) is 0 Å². The fraction of sp³-hybridized carbons (Fsp3) is 0.600. The van der Waals surface area contributed by atoms with Gasteiger partial charge in [0.05, 0.1) is 23.6 Å². The molecule has 6 heteroatoms. The van der Waals surface area contributed by atoms with Crippen molar-refractivity contribution in [3.8, 4) is 0 Å². The first-order chi connectivity index (χ1) is 12.7. The van der Waals surface area contributed by atoms with Crippen LogP contribution in [0.25, 0.3) is 0 Å². The standard InChI is InChI=1S/C20H27N3O3/c1-16-10-19(22-26-16)12-23-14-20(15-23)11-17(6-9-25-20)5-8-24-13-18-4-2-3-7-21-18/h2-4,7,10,17H,5-6,8-9,11-15H2,1H3. The fourth-order valence-corrected chi connectivity index (χ4v) is 4.11. The van der Waals surface area contributed by atoms with Crippen molar-refractivity contribution in [1.29, 1.82) is 0 Å². The third-order valence-corrected chi connectivity index (χ3v) is 5.33. The summed E-state index contributed by atoms with van der Waals surface area (Å²) in [5.74, 6) is 1.55. The molecular weight excluding hydrogens is 330 g/mol. The molecular formula is C20H27N3O3. The average Bonchev–Trinajstić information content (AvgIpc) is 3.04. The molecule has 140 valence electrons. The van der Waals surface area contributed by atoms with Crippen LogP contribution in [0.3, 0.4) is 0 Å². The molecule has 0 aromatic carbocycles. The minimum atomic E-state index is 0.0443. The summed E-state index contributed by atoms with van der Waals surface area (Å²) in [5, 5.41) is 4.08. The molecule has 0 aliphatic carbocycles. The van der Waals surface area contributed by atoms with Crippen molar-refractivity contribution in [2.45, 2.75) is 44.9 Å². The lowest BCUT2D eigenvalue weighted by Gasteiger charge is -2.53. The van der Waals surface area contributed by atoms with Crippen LogP contribution in [0.15, 0.2) is 35.0 Å². The van der Waals surface area contributed by atoms with Crippen LogP contribution >= 0.6 is 0 Å². The molecule has 0 radical (unpaired) electrons. The first-order valence-electron chi connectivity index (χ1n) is 9.47. The van der Waals surface area contributed by atoms with Gasteiger partial charge in [-0.05, 0) is 44.2 Å². The van der Waals surface area contributed by atoms with E-state index >= 15 is 0 Å². The van der Waals surface area contributed by atoms with E-state index in [1.807, 2.05) is 37.4 Å². The van der Waals surface area contributed by atoms with Gasteiger partial charge in [-0.3, -0.25) is 9.88 Å². The zero-order valence-electron chi connectivity index (χ0n) is 15.4. The molecule has 2 aromatic heterocycles. The number of rotatable bonds is 7. The summed E-state index contributed by atoms with van der Waals surface area (Å²) < 4.78 is 17.1. The van der Waals surface area contributed by atoms with Crippen LogP contribution in [0, 0.1) is 12.8 Å². The zero-order chi connectivity index (χ0) is 17.8. The molecule has 6 nitrogen and oxygen atoms in total. The van der Waals surface area contributed by atoms with Gasteiger partial charge in [0.1, 0.15) is 5.76 Å². The topological polar surface area (TPSA) is 60.6 Å². The molecule has 26 heavy (non-hydrogen) atoms. The largest absolute Gasteiger partial charge is 0.375 e. The third kappa shape index (κ3) is 4.31. The summed E-state index contributed by atoms with van der Waals surface area (Å²) in [7, 11) is 0. The molecule has 0 saturated carbocycles. The van der Waals surface area contributed by atoms with E-state index in [0.29, 0.717) is 12.5 Å². The third-order valence-electron chi connectivity index (χ3n) is 5.33. The quantitative estimate of drug-likeness (QED) is 0.710. The van der Waals surface area contributed by atoms with Gasteiger partial charge in [-0.15, -0.1) is 0 Å². The van der Waals surface area contributed by atoms with Crippen LogP contribution in [-0.4, -0.2) is 46.9 Å². The van der Waals surface area contributed by atoms with Crippen LogP contribution in [0.2, 0.25) is 0 Å². The Balaban J connectivity index is 1.18. The minimum Gasteiger partial charge on any atom is -0.375 e. The zero-order valence-corrected chi connectivity index (χ0v) is 15.4. The van der Waals surface area contributed by atoms with E-state index in [1.54, 1.807) is 0 Å². The molecule has 2 fully saturated rings. The second-order valence-corrected chi connectivity index (χ2v) is 7.63. The summed E-state index contributed by atoms with van der Waals surface area (Å²) >= 11 is 0. The number of pyridine rings is 1. The Bertz CT molecular complexity index is 697. The number of hydrogen-bond acceptors (Lipinski definition) is 6. The average molecular weight is 357 g/mol. The molecule has 2 saturated heterocycles. The van der Waals surface area contributed by atoms with E-state index in [4.69, 9.17) is 14.0 Å². The monoisotopic (exact) mass is 357 g/mol. The number of hydrogen-bond donors (Lipinski definition) is 0. The maximum atomic E-state index is 6.14. The molecule has 0 amide bonds. The Hall–Kier alpha value is -1.76. The predicted octanol–water partition coefficient (Wildman–Crippen LogP) is 2.97. The summed E-state index contributed by atoms with van der Waals surface area (Å²) in [5.41, 5.74) is 2.05. The van der Waals surface area contributed by atoms with Crippen molar-refractivity contribution >= 4 is 0 Å². The summed E-state index contributed by atoms with van der Waals surface area (Å²) in [4.78, 5) is 6.68. The summed E-state index contributed by atoms with van der Waals surface area (Å²) in [6.45, 7) is 7.01. The van der Waals surface area contributed by atoms with Crippen LogP contribution in [0.1, 0.15) is 36.4 Å². The fourth-order valence-electron chi connectivity index (χ4n) is 4.11. The van der Waals surface area contributed by atoms with E-state index in [9.17, 15) is 0 Å². The minimum absolute atomic E-state index is 0.0443. The Kier molecular flexibility index (Phi) is 5.33. The smallest absolute Gasteiger partial charge is 0.133 e. The lowest BCUT2D eigenvalue weighted by Crippen LogP contribution is -2.64. The number of aromatic nitrogens is 2. The maximum Gasteiger partial charge on any atom is 0.133 e. The second-order valence-electron chi connectivity index (χ2n) is 7.63. The van der Waals surface area contributed by atoms with Crippen LogP contribution in [-0.2, 0) is 22.6 Å². The van der Waals surface area contributed by atoms with E-state index in [-0.39, 0.29) is 5.60 Å². The molecule has 4 heterocycles. The maximum absolute atomic E-state index is 6.14. The summed E-state index contributed by atoms with van der Waals surface area (Å²) in [6.07, 6.45) is 5.18. The van der Waals surface area contributed by atoms with Gasteiger partial charge < -0.3 is 14.0 Å². The van der Waals surface area contributed by atoms with Crippen molar-refractivity contribution < 1.29 is 14.0 Å². The number of nitrogens with zero attached hydrogens (tertiary/aromatic N) is 3. The molecule has 0 bridgehead atoms. The molecule has 4 rings (SSSR count). The van der Waals surface area contributed by atoms with Gasteiger partial charge in [-0.2, -0.15) is 0 Å². The number of likely N-dealkylation sites (tertiary alicyclic amines) is 1. The molecule has 1 spiro atoms. The number of ether oxygens (including phenoxy) is 2. The highest BCUT2D eigenvalue weighted by Gasteiger charge is 2.47.